The standard InChI is InChI=1S/C29H29N3O6/c1-4-37-24-15-18-13-14-31-27(21(18)16-25(24)38-5-2)26(19-9-6-7-10-20(19)29(31)34)28(33)30-22-11-8-12-23(17(22)3)32(35)36/h6-12,15-16,26-27H,4-5,13-14H2,1-3H3,(H,30,33). The van der Waals surface area contributed by atoms with E-state index in [1.165, 1.54) is 6.07 Å². The number of nitro benzene ring substituents is 1. The maximum Gasteiger partial charge on any atom is 0.274 e. The van der Waals surface area contributed by atoms with Crippen molar-refractivity contribution in [1.29, 1.82) is 0 Å². The number of nitrogens with one attached hydrogen (secondary N) is 1. The minimum Gasteiger partial charge on any atom is -0.490 e. The van der Waals surface area contributed by atoms with Crippen molar-refractivity contribution >= 4 is 23.2 Å². The molecule has 0 fully saturated rings. The van der Waals surface area contributed by atoms with E-state index in [0.29, 0.717) is 60.1 Å². The minimum atomic E-state index is -0.742. The Labute approximate surface area is 220 Å². The van der Waals surface area contributed by atoms with Crippen LogP contribution in [0.15, 0.2) is 54.6 Å². The van der Waals surface area contributed by atoms with E-state index in [0.717, 1.165) is 11.1 Å². The number of amides is 2. The van der Waals surface area contributed by atoms with Crippen LogP contribution in [0.4, 0.5) is 11.4 Å². The third kappa shape index (κ3) is 4.23. The fourth-order valence-electron chi connectivity index (χ4n) is 5.52. The van der Waals surface area contributed by atoms with E-state index in [4.69, 9.17) is 9.47 Å². The highest BCUT2D eigenvalue weighted by molar-refractivity contribution is 6.05. The first-order chi connectivity index (χ1) is 18.3. The van der Waals surface area contributed by atoms with Crippen LogP contribution in [-0.2, 0) is 11.2 Å². The average molecular weight is 516 g/mol. The fourth-order valence-corrected chi connectivity index (χ4v) is 5.52. The second-order valence-electron chi connectivity index (χ2n) is 9.32. The van der Waals surface area contributed by atoms with Crippen LogP contribution in [0.2, 0.25) is 0 Å². The number of anilines is 1. The third-order valence-corrected chi connectivity index (χ3v) is 7.23. The second-order valence-corrected chi connectivity index (χ2v) is 9.32. The third-order valence-electron chi connectivity index (χ3n) is 7.23. The zero-order valence-corrected chi connectivity index (χ0v) is 21.5. The molecule has 3 aromatic rings. The number of ether oxygens (including phenoxy) is 2. The van der Waals surface area contributed by atoms with Crippen LogP contribution in [0, 0.1) is 17.0 Å². The molecule has 196 valence electrons. The maximum absolute atomic E-state index is 14.0. The van der Waals surface area contributed by atoms with Crippen LogP contribution in [0.3, 0.4) is 0 Å². The van der Waals surface area contributed by atoms with E-state index in [2.05, 4.69) is 5.32 Å². The topological polar surface area (TPSA) is 111 Å². The summed E-state index contributed by atoms with van der Waals surface area (Å²) in [4.78, 5) is 40.4. The summed E-state index contributed by atoms with van der Waals surface area (Å²) in [6, 6.07) is 15.0. The number of carbonyl (C=O) groups excluding carboxylic acids is 2. The summed E-state index contributed by atoms with van der Waals surface area (Å²) < 4.78 is 11.7. The smallest absolute Gasteiger partial charge is 0.274 e. The Kier molecular flexibility index (Phi) is 6.75. The van der Waals surface area contributed by atoms with Crippen molar-refractivity contribution in [2.75, 3.05) is 25.1 Å². The Morgan fingerprint density at radius 2 is 1.76 bits per heavy atom. The molecule has 2 unspecified atom stereocenters. The first kappa shape index (κ1) is 25.3. The molecule has 1 N–H and O–H groups in total. The summed E-state index contributed by atoms with van der Waals surface area (Å²) >= 11 is 0. The Morgan fingerprint density at radius 1 is 1.05 bits per heavy atom. The van der Waals surface area contributed by atoms with E-state index in [1.807, 2.05) is 32.0 Å². The van der Waals surface area contributed by atoms with E-state index in [-0.39, 0.29) is 17.5 Å². The van der Waals surface area contributed by atoms with Gasteiger partial charge in [0.05, 0.1) is 41.3 Å². The van der Waals surface area contributed by atoms with Crippen LogP contribution < -0.4 is 14.8 Å². The molecule has 0 radical (unpaired) electrons. The van der Waals surface area contributed by atoms with Gasteiger partial charge in [-0.3, -0.25) is 19.7 Å². The zero-order chi connectivity index (χ0) is 27.0. The Bertz CT molecular complexity index is 1440. The lowest BCUT2D eigenvalue weighted by atomic mass is 9.75. The molecule has 0 saturated heterocycles. The summed E-state index contributed by atoms with van der Waals surface area (Å²) in [5.41, 5.74) is 3.60. The van der Waals surface area contributed by atoms with Gasteiger partial charge in [-0.1, -0.05) is 24.3 Å². The molecule has 0 aromatic heterocycles. The normalized spacial score (nSPS) is 17.7. The number of nitro groups is 1. The van der Waals surface area contributed by atoms with Crippen molar-refractivity contribution in [3.8, 4) is 11.5 Å². The monoisotopic (exact) mass is 515 g/mol. The molecular formula is C29H29N3O6. The molecule has 2 amide bonds. The molecule has 9 nitrogen and oxygen atoms in total. The second kappa shape index (κ2) is 10.2. The number of benzene rings is 3. The Morgan fingerprint density at radius 3 is 2.47 bits per heavy atom. The van der Waals surface area contributed by atoms with Gasteiger partial charge >= 0.3 is 0 Å². The molecule has 2 aliphatic heterocycles. The molecule has 0 saturated carbocycles. The van der Waals surface area contributed by atoms with Crippen molar-refractivity contribution < 1.29 is 24.0 Å². The zero-order valence-electron chi connectivity index (χ0n) is 21.5. The first-order valence-corrected chi connectivity index (χ1v) is 12.7. The van der Waals surface area contributed by atoms with E-state index >= 15 is 0 Å². The summed E-state index contributed by atoms with van der Waals surface area (Å²) in [7, 11) is 0. The van der Waals surface area contributed by atoms with Gasteiger partial charge in [0.2, 0.25) is 5.91 Å². The molecule has 5 rings (SSSR count). The van der Waals surface area contributed by atoms with Gasteiger partial charge in [0.1, 0.15) is 0 Å². The van der Waals surface area contributed by atoms with Crippen LogP contribution in [-0.4, -0.2) is 41.4 Å². The molecule has 0 aliphatic carbocycles. The van der Waals surface area contributed by atoms with Crippen LogP contribution in [0.5, 0.6) is 11.5 Å². The van der Waals surface area contributed by atoms with Gasteiger partial charge in [0.15, 0.2) is 11.5 Å². The highest BCUT2D eigenvalue weighted by Crippen LogP contribution is 2.48. The fraction of sp³-hybridized carbons (Fsp3) is 0.310. The maximum atomic E-state index is 14.0. The number of fused-ring (bicyclic) bond motifs is 4. The quantitative estimate of drug-likeness (QED) is 0.343. The van der Waals surface area contributed by atoms with Gasteiger partial charge < -0.3 is 19.7 Å². The van der Waals surface area contributed by atoms with Gasteiger partial charge in [-0.25, -0.2) is 0 Å². The summed E-state index contributed by atoms with van der Waals surface area (Å²) in [5.74, 6) is -0.0109. The predicted molar refractivity (Wildman–Crippen MR) is 142 cm³/mol. The van der Waals surface area contributed by atoms with Gasteiger partial charge in [-0.2, -0.15) is 0 Å². The molecule has 0 bridgehead atoms. The van der Waals surface area contributed by atoms with Gasteiger partial charge in [0, 0.05) is 18.2 Å². The van der Waals surface area contributed by atoms with Crippen molar-refractivity contribution in [3.63, 3.8) is 0 Å². The molecular weight excluding hydrogens is 486 g/mol. The number of rotatable bonds is 7. The molecule has 38 heavy (non-hydrogen) atoms. The van der Waals surface area contributed by atoms with Gasteiger partial charge in [-0.15, -0.1) is 0 Å². The summed E-state index contributed by atoms with van der Waals surface area (Å²) in [5, 5.41) is 14.4. The molecule has 2 aliphatic rings. The van der Waals surface area contributed by atoms with Gasteiger partial charge in [-0.05, 0) is 68.1 Å². The van der Waals surface area contributed by atoms with Crippen LogP contribution in [0.25, 0.3) is 0 Å². The summed E-state index contributed by atoms with van der Waals surface area (Å²) in [6.45, 7) is 6.77. The molecule has 0 spiro atoms. The van der Waals surface area contributed by atoms with Crippen molar-refractivity contribution in [3.05, 3.63) is 92.5 Å². The number of nitrogens with zero attached hydrogens (tertiary/aromatic N) is 2. The largest absolute Gasteiger partial charge is 0.490 e. The first-order valence-electron chi connectivity index (χ1n) is 12.7. The Hall–Kier alpha value is -4.40. The lowest BCUT2D eigenvalue weighted by Gasteiger charge is -2.45. The highest BCUT2D eigenvalue weighted by atomic mass is 16.6. The van der Waals surface area contributed by atoms with Crippen molar-refractivity contribution in [2.45, 2.75) is 39.2 Å². The molecule has 2 heterocycles. The minimum absolute atomic E-state index is 0.0727. The van der Waals surface area contributed by atoms with Crippen molar-refractivity contribution in [2.24, 2.45) is 0 Å². The lowest BCUT2D eigenvalue weighted by molar-refractivity contribution is -0.385. The molecule has 3 aromatic carbocycles. The molecule has 9 heteroatoms. The van der Waals surface area contributed by atoms with Crippen LogP contribution >= 0.6 is 0 Å². The number of hydrogen-bond acceptors (Lipinski definition) is 6. The van der Waals surface area contributed by atoms with E-state index in [1.54, 1.807) is 42.2 Å². The highest BCUT2D eigenvalue weighted by Gasteiger charge is 2.46. The van der Waals surface area contributed by atoms with Gasteiger partial charge in [0.25, 0.3) is 11.6 Å². The van der Waals surface area contributed by atoms with E-state index in [9.17, 15) is 19.7 Å². The van der Waals surface area contributed by atoms with Crippen molar-refractivity contribution in [1.82, 2.24) is 4.90 Å². The number of carbonyl (C=O) groups is 2. The van der Waals surface area contributed by atoms with Crippen LogP contribution in [0.1, 0.15) is 58.4 Å². The molecule has 2 atom stereocenters. The lowest BCUT2D eigenvalue weighted by Crippen LogP contribution is -2.49. The Balaban J connectivity index is 1.64. The predicted octanol–water partition coefficient (Wildman–Crippen LogP) is 5.18. The van der Waals surface area contributed by atoms with E-state index < -0.39 is 16.9 Å². The summed E-state index contributed by atoms with van der Waals surface area (Å²) in [6.07, 6.45) is 0.616. The SMILES string of the molecule is CCOc1cc2c(cc1OCC)C1C(C(=O)Nc3cccc([N+](=O)[O-])c3C)c3ccccc3C(=O)N1CC2. The average Bonchev–Trinajstić information content (AvgIpc) is 2.90. The number of hydrogen-bond donors (Lipinski definition) is 1.